The SMILES string of the molecule is Cc1[nH]nc(CN(C)C(=O)OC(C)(C)C)c1Br. The molecule has 0 fully saturated rings. The summed E-state index contributed by atoms with van der Waals surface area (Å²) in [5.41, 5.74) is 1.25. The molecule has 0 spiro atoms. The number of halogens is 1. The number of hydrogen-bond donors (Lipinski definition) is 1. The van der Waals surface area contributed by atoms with E-state index in [9.17, 15) is 4.79 Å². The van der Waals surface area contributed by atoms with E-state index in [0.29, 0.717) is 6.54 Å². The second-order valence-electron chi connectivity index (χ2n) is 4.95. The Morgan fingerprint density at radius 1 is 1.53 bits per heavy atom. The lowest BCUT2D eigenvalue weighted by atomic mass is 10.2. The molecule has 0 atom stereocenters. The first-order chi connectivity index (χ1) is 7.70. The van der Waals surface area contributed by atoms with Crippen LogP contribution in [0.1, 0.15) is 32.2 Å². The third-order valence-corrected chi connectivity index (χ3v) is 3.09. The molecule has 0 bridgehead atoms. The largest absolute Gasteiger partial charge is 0.444 e. The highest BCUT2D eigenvalue weighted by atomic mass is 79.9. The first-order valence-corrected chi connectivity index (χ1v) is 6.13. The second-order valence-corrected chi connectivity index (χ2v) is 5.74. The smallest absolute Gasteiger partial charge is 0.410 e. The van der Waals surface area contributed by atoms with Crippen molar-refractivity contribution in [3.8, 4) is 0 Å². The van der Waals surface area contributed by atoms with Gasteiger partial charge in [-0.15, -0.1) is 0 Å². The molecule has 5 nitrogen and oxygen atoms in total. The molecule has 17 heavy (non-hydrogen) atoms. The van der Waals surface area contributed by atoms with Crippen LogP contribution in [-0.4, -0.2) is 33.8 Å². The van der Waals surface area contributed by atoms with Gasteiger partial charge in [0, 0.05) is 12.7 Å². The molecular weight excluding hydrogens is 286 g/mol. The summed E-state index contributed by atoms with van der Waals surface area (Å²) in [6.07, 6.45) is -0.356. The number of ether oxygens (including phenoxy) is 1. The van der Waals surface area contributed by atoms with Gasteiger partial charge in [0.15, 0.2) is 0 Å². The third kappa shape index (κ3) is 4.03. The first-order valence-electron chi connectivity index (χ1n) is 5.34. The van der Waals surface area contributed by atoms with Crippen LogP contribution in [-0.2, 0) is 11.3 Å². The van der Waals surface area contributed by atoms with Gasteiger partial charge in [0.1, 0.15) is 5.60 Å². The van der Waals surface area contributed by atoms with Crippen molar-refractivity contribution in [1.82, 2.24) is 15.1 Å². The summed E-state index contributed by atoms with van der Waals surface area (Å²) in [5.74, 6) is 0. The van der Waals surface area contributed by atoms with Gasteiger partial charge in [-0.25, -0.2) is 4.79 Å². The van der Waals surface area contributed by atoms with Crippen LogP contribution in [0.2, 0.25) is 0 Å². The minimum atomic E-state index is -0.482. The molecule has 1 heterocycles. The number of amides is 1. The van der Waals surface area contributed by atoms with E-state index in [4.69, 9.17) is 4.74 Å². The number of carbonyl (C=O) groups is 1. The summed E-state index contributed by atoms with van der Waals surface area (Å²) >= 11 is 3.42. The van der Waals surface area contributed by atoms with Crippen molar-refractivity contribution in [2.45, 2.75) is 39.8 Å². The van der Waals surface area contributed by atoms with Crippen LogP contribution in [0, 0.1) is 6.92 Å². The topological polar surface area (TPSA) is 58.2 Å². The fourth-order valence-electron chi connectivity index (χ4n) is 1.20. The van der Waals surface area contributed by atoms with Crippen molar-refractivity contribution < 1.29 is 9.53 Å². The van der Waals surface area contributed by atoms with Crippen LogP contribution in [0.4, 0.5) is 4.79 Å². The predicted octanol–water partition coefficient (Wildman–Crippen LogP) is 2.85. The van der Waals surface area contributed by atoms with E-state index in [1.807, 2.05) is 27.7 Å². The van der Waals surface area contributed by atoms with Crippen LogP contribution < -0.4 is 0 Å². The Kier molecular flexibility index (Phi) is 4.19. The minimum absolute atomic E-state index is 0.356. The van der Waals surface area contributed by atoms with Crippen molar-refractivity contribution in [3.63, 3.8) is 0 Å². The van der Waals surface area contributed by atoms with E-state index in [-0.39, 0.29) is 6.09 Å². The number of H-pyrrole nitrogens is 1. The lowest BCUT2D eigenvalue weighted by Gasteiger charge is -2.24. The van der Waals surface area contributed by atoms with E-state index in [0.717, 1.165) is 15.9 Å². The summed E-state index contributed by atoms with van der Waals surface area (Å²) in [7, 11) is 1.69. The monoisotopic (exact) mass is 303 g/mol. The summed E-state index contributed by atoms with van der Waals surface area (Å²) < 4.78 is 6.15. The molecule has 1 amide bonds. The molecule has 0 unspecified atom stereocenters. The summed E-state index contributed by atoms with van der Waals surface area (Å²) in [6, 6.07) is 0. The Hall–Kier alpha value is -1.04. The summed E-state index contributed by atoms with van der Waals surface area (Å²) in [4.78, 5) is 13.2. The molecule has 1 aromatic rings. The molecule has 0 aliphatic carbocycles. The summed E-state index contributed by atoms with van der Waals surface area (Å²) in [5, 5.41) is 6.97. The number of hydrogen-bond acceptors (Lipinski definition) is 3. The molecule has 0 aliphatic heterocycles. The standard InChI is InChI=1S/C11H18BrN3O2/c1-7-9(12)8(14-13-7)6-15(5)10(16)17-11(2,3)4/h6H2,1-5H3,(H,13,14). The highest BCUT2D eigenvalue weighted by molar-refractivity contribution is 9.10. The molecule has 0 aliphatic rings. The van der Waals surface area contributed by atoms with Gasteiger partial charge < -0.3 is 9.64 Å². The van der Waals surface area contributed by atoms with E-state index in [2.05, 4.69) is 26.1 Å². The Balaban J connectivity index is 2.63. The molecular formula is C11H18BrN3O2. The molecule has 1 rings (SSSR count). The van der Waals surface area contributed by atoms with E-state index in [1.54, 1.807) is 7.05 Å². The van der Waals surface area contributed by atoms with Crippen molar-refractivity contribution in [3.05, 3.63) is 15.9 Å². The fourth-order valence-corrected chi connectivity index (χ4v) is 1.50. The highest BCUT2D eigenvalue weighted by Crippen LogP contribution is 2.20. The molecule has 0 aromatic carbocycles. The summed E-state index contributed by atoms with van der Waals surface area (Å²) in [6.45, 7) is 7.84. The normalized spacial score (nSPS) is 11.4. The lowest BCUT2D eigenvalue weighted by molar-refractivity contribution is 0.0283. The van der Waals surface area contributed by atoms with E-state index in [1.165, 1.54) is 4.90 Å². The first kappa shape index (κ1) is 14.0. The maximum atomic E-state index is 11.7. The Morgan fingerprint density at radius 2 is 2.12 bits per heavy atom. The lowest BCUT2D eigenvalue weighted by Crippen LogP contribution is -2.33. The van der Waals surface area contributed by atoms with E-state index < -0.39 is 5.60 Å². The zero-order chi connectivity index (χ0) is 13.2. The number of carbonyl (C=O) groups excluding carboxylic acids is 1. The predicted molar refractivity (Wildman–Crippen MR) is 68.7 cm³/mol. The Labute approximate surface area is 110 Å². The molecule has 0 saturated carbocycles. The third-order valence-electron chi connectivity index (χ3n) is 2.03. The van der Waals surface area contributed by atoms with E-state index >= 15 is 0 Å². The molecule has 6 heteroatoms. The number of aryl methyl sites for hydroxylation is 1. The van der Waals surface area contributed by atoms with Crippen molar-refractivity contribution >= 4 is 22.0 Å². The van der Waals surface area contributed by atoms with Gasteiger partial charge in [0.2, 0.25) is 0 Å². The van der Waals surface area contributed by atoms with Crippen LogP contribution in [0.5, 0.6) is 0 Å². The van der Waals surface area contributed by atoms with Crippen LogP contribution >= 0.6 is 15.9 Å². The average molecular weight is 304 g/mol. The quantitative estimate of drug-likeness (QED) is 0.914. The van der Waals surface area contributed by atoms with Gasteiger partial charge in [-0.1, -0.05) is 0 Å². The number of nitrogens with zero attached hydrogens (tertiary/aromatic N) is 2. The highest BCUT2D eigenvalue weighted by Gasteiger charge is 2.21. The maximum absolute atomic E-state index is 11.7. The molecule has 1 aromatic heterocycles. The Morgan fingerprint density at radius 3 is 2.53 bits per heavy atom. The van der Waals surface area contributed by atoms with Crippen molar-refractivity contribution in [2.24, 2.45) is 0 Å². The second kappa shape index (κ2) is 5.08. The average Bonchev–Trinajstić information content (AvgIpc) is 2.47. The van der Waals surface area contributed by atoms with Gasteiger partial charge in [0.25, 0.3) is 0 Å². The molecule has 1 N–H and O–H groups in total. The zero-order valence-electron chi connectivity index (χ0n) is 10.8. The number of aromatic amines is 1. The number of nitrogens with one attached hydrogen (secondary N) is 1. The molecule has 0 radical (unpaired) electrons. The Bertz CT molecular complexity index is 409. The van der Waals surface area contributed by atoms with Crippen molar-refractivity contribution in [2.75, 3.05) is 7.05 Å². The van der Waals surface area contributed by atoms with Crippen LogP contribution in [0.25, 0.3) is 0 Å². The van der Waals surface area contributed by atoms with Gasteiger partial charge in [0.05, 0.1) is 16.7 Å². The minimum Gasteiger partial charge on any atom is -0.444 e. The fraction of sp³-hybridized carbons (Fsp3) is 0.636. The van der Waals surface area contributed by atoms with Gasteiger partial charge >= 0.3 is 6.09 Å². The number of aromatic nitrogens is 2. The van der Waals surface area contributed by atoms with Crippen LogP contribution in [0.15, 0.2) is 4.47 Å². The van der Waals surface area contributed by atoms with Gasteiger partial charge in [-0.05, 0) is 43.6 Å². The van der Waals surface area contributed by atoms with Gasteiger partial charge in [-0.3, -0.25) is 5.10 Å². The van der Waals surface area contributed by atoms with Gasteiger partial charge in [-0.2, -0.15) is 5.10 Å². The van der Waals surface area contributed by atoms with Crippen molar-refractivity contribution in [1.29, 1.82) is 0 Å². The van der Waals surface area contributed by atoms with Crippen LogP contribution in [0.3, 0.4) is 0 Å². The number of rotatable bonds is 2. The zero-order valence-corrected chi connectivity index (χ0v) is 12.4. The molecule has 0 saturated heterocycles. The molecule has 96 valence electrons. The maximum Gasteiger partial charge on any atom is 0.410 e.